The summed E-state index contributed by atoms with van der Waals surface area (Å²) in [4.78, 5) is 51.5. The number of ether oxygens (including phenoxy) is 3. The van der Waals surface area contributed by atoms with Crippen LogP contribution in [-0.4, -0.2) is 45.0 Å². The van der Waals surface area contributed by atoms with E-state index in [1.807, 2.05) is 54.1 Å². The summed E-state index contributed by atoms with van der Waals surface area (Å²) in [5, 5.41) is 14.1. The lowest BCUT2D eigenvalue weighted by Crippen LogP contribution is -2.35. The van der Waals surface area contributed by atoms with Crippen molar-refractivity contribution >= 4 is 89.7 Å². The first-order valence-corrected chi connectivity index (χ1v) is 21.5. The molecule has 9 rings (SSSR count). The average Bonchev–Trinajstić information content (AvgIpc) is 4.09. The average molecular weight is 846 g/mol. The third-order valence-corrected chi connectivity index (χ3v) is 13.8. The summed E-state index contributed by atoms with van der Waals surface area (Å²) >= 11 is 15.7. The van der Waals surface area contributed by atoms with E-state index in [4.69, 9.17) is 37.4 Å². The number of carbonyl (C=O) groups excluding carboxylic acids is 4. The molecule has 0 amide bonds. The van der Waals surface area contributed by atoms with Crippen LogP contribution in [0.1, 0.15) is 75.3 Å². The molecule has 3 saturated carbocycles. The van der Waals surface area contributed by atoms with Crippen molar-refractivity contribution in [1.29, 1.82) is 0 Å². The number of ketones is 1. The first-order valence-electron chi connectivity index (χ1n) is 19.0. The zero-order valence-electron chi connectivity index (χ0n) is 32.2. The lowest BCUT2D eigenvalue weighted by Gasteiger charge is -2.32. The number of esters is 3. The minimum atomic E-state index is -0.537. The van der Waals surface area contributed by atoms with Crippen LogP contribution in [0.5, 0.6) is 0 Å². The van der Waals surface area contributed by atoms with Crippen LogP contribution in [-0.2, 0) is 33.4 Å². The van der Waals surface area contributed by atoms with Crippen LogP contribution in [0, 0.1) is 17.8 Å². The van der Waals surface area contributed by atoms with Crippen LogP contribution in [0.3, 0.4) is 0 Å². The van der Waals surface area contributed by atoms with Crippen LogP contribution in [0.4, 0.5) is 0 Å². The Kier molecular flexibility index (Phi) is 10.9. The van der Waals surface area contributed by atoms with Crippen molar-refractivity contribution in [3.05, 3.63) is 113 Å². The molecular formula is C44H42Cl2N2O7S2. The molecule has 296 valence electrons. The Labute approximate surface area is 348 Å². The second kappa shape index (κ2) is 15.7. The van der Waals surface area contributed by atoms with Crippen molar-refractivity contribution < 1.29 is 33.4 Å². The van der Waals surface area contributed by atoms with Gasteiger partial charge in [-0.05, 0) is 139 Å². The van der Waals surface area contributed by atoms with Gasteiger partial charge in [0.15, 0.2) is 5.78 Å². The van der Waals surface area contributed by atoms with E-state index in [-0.39, 0.29) is 11.8 Å². The summed E-state index contributed by atoms with van der Waals surface area (Å²) in [5.41, 5.74) is 7.55. The molecule has 1 atom stereocenters. The first-order chi connectivity index (χ1) is 27.4. The van der Waals surface area contributed by atoms with E-state index in [1.165, 1.54) is 21.3 Å². The van der Waals surface area contributed by atoms with Gasteiger partial charge in [0.25, 0.3) is 0 Å². The highest BCUT2D eigenvalue weighted by Gasteiger charge is 2.47. The summed E-state index contributed by atoms with van der Waals surface area (Å²) in [5.74, 6) is -1.34. The van der Waals surface area contributed by atoms with Gasteiger partial charge in [0, 0.05) is 53.7 Å². The highest BCUT2D eigenvalue weighted by Crippen LogP contribution is 2.53. The van der Waals surface area contributed by atoms with Gasteiger partial charge >= 0.3 is 17.9 Å². The number of rotatable bonds is 9. The van der Waals surface area contributed by atoms with Crippen molar-refractivity contribution in [2.75, 3.05) is 21.3 Å². The lowest BCUT2D eigenvalue weighted by molar-refractivity contribution is -0.138. The van der Waals surface area contributed by atoms with Gasteiger partial charge in [0.05, 0.1) is 44.0 Å². The van der Waals surface area contributed by atoms with Crippen LogP contribution in [0.2, 0.25) is 10.0 Å². The topological polar surface area (TPSA) is 120 Å². The summed E-state index contributed by atoms with van der Waals surface area (Å²) in [6.45, 7) is 3.45. The molecule has 5 aliphatic rings. The third kappa shape index (κ3) is 7.44. The number of hydrogen-bond donors (Lipinski definition) is 2. The van der Waals surface area contributed by atoms with Crippen LogP contribution < -0.4 is 10.6 Å². The standard InChI is InChI=1S/C23H22ClNO4S.C21H20ClNO3S/c1-28-22(26)18-17(15-10-30-16-8-7-13(24)9-14(15)16)19(23(27)29-2)21(12-5-6-12)25-20(18)11-3-4-11;1-10-17(11(2)24)18(15-9-27-16-7-6-13(22)8-14(15)16)19(21(25)26-3)20(23-10)12-4-5-12/h7-12,17,25H,3-6H2,1-2H3;6-9,12,18,23H,4-5H2,1-3H3. The lowest BCUT2D eigenvalue weighted by atomic mass is 9.78. The molecule has 2 aromatic heterocycles. The maximum absolute atomic E-state index is 13.0. The number of nitrogens with one attached hydrogen (secondary N) is 2. The Hall–Kier alpha value is -4.42. The Balaban J connectivity index is 0.000000161. The SMILES string of the molecule is COC(=O)C1=C(C2CC2)NC(C)=C(C(C)=O)C1c1csc2ccc(Cl)cc12.COC(=O)C1=C(C2CC2)NC(C2CC2)=C(C(=O)OC)C1c1csc2ccc(Cl)cc12. The molecule has 57 heavy (non-hydrogen) atoms. The van der Waals surface area contributed by atoms with Gasteiger partial charge in [-0.1, -0.05) is 23.2 Å². The van der Waals surface area contributed by atoms with Crippen molar-refractivity contribution in [2.24, 2.45) is 17.8 Å². The van der Waals surface area contributed by atoms with E-state index in [0.29, 0.717) is 50.1 Å². The fourth-order valence-corrected chi connectivity index (χ4v) is 10.5. The van der Waals surface area contributed by atoms with E-state index in [2.05, 4.69) is 10.6 Å². The summed E-state index contributed by atoms with van der Waals surface area (Å²) in [6, 6.07) is 11.5. The summed E-state index contributed by atoms with van der Waals surface area (Å²) in [6.07, 6.45) is 6.17. The quantitative estimate of drug-likeness (QED) is 0.125. The molecule has 0 spiro atoms. The minimum absolute atomic E-state index is 0.0531. The highest BCUT2D eigenvalue weighted by molar-refractivity contribution is 7.17. The molecular weight excluding hydrogens is 804 g/mol. The maximum Gasteiger partial charge on any atom is 0.336 e. The number of dihydropyridines is 2. The molecule has 0 radical (unpaired) electrons. The summed E-state index contributed by atoms with van der Waals surface area (Å²) in [7, 11) is 4.16. The number of halogens is 2. The number of allylic oxidation sites excluding steroid dienone is 5. The van der Waals surface area contributed by atoms with E-state index in [0.717, 1.165) is 92.6 Å². The van der Waals surface area contributed by atoms with E-state index < -0.39 is 23.8 Å². The van der Waals surface area contributed by atoms with Crippen molar-refractivity contribution in [2.45, 2.75) is 64.2 Å². The van der Waals surface area contributed by atoms with Gasteiger partial charge in [-0.2, -0.15) is 0 Å². The summed E-state index contributed by atoms with van der Waals surface area (Å²) < 4.78 is 17.7. The van der Waals surface area contributed by atoms with Crippen LogP contribution >= 0.6 is 45.9 Å². The molecule has 13 heteroatoms. The van der Waals surface area contributed by atoms with E-state index >= 15 is 0 Å². The van der Waals surface area contributed by atoms with Gasteiger partial charge in [-0.3, -0.25) is 4.79 Å². The molecule has 9 nitrogen and oxygen atoms in total. The van der Waals surface area contributed by atoms with Gasteiger partial charge in [-0.25, -0.2) is 14.4 Å². The number of Topliss-reactive ketones (excluding diaryl/α,β-unsaturated/α-hetero) is 1. The van der Waals surface area contributed by atoms with Gasteiger partial charge in [-0.15, -0.1) is 22.7 Å². The first kappa shape index (κ1) is 39.4. The molecule has 2 aromatic carbocycles. The number of hydrogen-bond acceptors (Lipinski definition) is 11. The van der Waals surface area contributed by atoms with Crippen molar-refractivity contribution in [3.63, 3.8) is 0 Å². The molecule has 3 fully saturated rings. The predicted molar refractivity (Wildman–Crippen MR) is 224 cm³/mol. The van der Waals surface area contributed by atoms with Crippen molar-refractivity contribution in [1.82, 2.24) is 10.6 Å². The largest absolute Gasteiger partial charge is 0.466 e. The molecule has 0 bridgehead atoms. The maximum atomic E-state index is 13.0. The normalized spacial score (nSPS) is 19.9. The van der Waals surface area contributed by atoms with Gasteiger partial charge < -0.3 is 24.8 Å². The Bertz CT molecular complexity index is 2450. The molecule has 4 aromatic rings. The third-order valence-electron chi connectivity index (χ3n) is 11.3. The molecule has 0 saturated heterocycles. The smallest absolute Gasteiger partial charge is 0.336 e. The Morgan fingerprint density at radius 1 is 0.596 bits per heavy atom. The fraction of sp³-hybridized carbons (Fsp3) is 0.364. The Morgan fingerprint density at radius 2 is 0.965 bits per heavy atom. The zero-order valence-corrected chi connectivity index (χ0v) is 35.3. The monoisotopic (exact) mass is 844 g/mol. The van der Waals surface area contributed by atoms with Crippen LogP contribution in [0.25, 0.3) is 20.2 Å². The molecule has 2 N–H and O–H groups in total. The number of carbonyl (C=O) groups is 4. The Morgan fingerprint density at radius 3 is 1.32 bits per heavy atom. The molecule has 3 aliphatic carbocycles. The van der Waals surface area contributed by atoms with E-state index in [1.54, 1.807) is 29.6 Å². The molecule has 4 heterocycles. The predicted octanol–water partition coefficient (Wildman–Crippen LogP) is 9.86. The fourth-order valence-electron chi connectivity index (χ4n) is 8.26. The number of benzene rings is 2. The van der Waals surface area contributed by atoms with Crippen molar-refractivity contribution in [3.8, 4) is 0 Å². The molecule has 2 aliphatic heterocycles. The van der Waals surface area contributed by atoms with Gasteiger partial charge in [0.2, 0.25) is 0 Å². The number of fused-ring (bicyclic) bond motifs is 2. The second-order valence-electron chi connectivity index (χ2n) is 15.2. The second-order valence-corrected chi connectivity index (χ2v) is 17.8. The number of methoxy groups -OCH3 is 3. The highest BCUT2D eigenvalue weighted by atomic mass is 35.5. The zero-order chi connectivity index (χ0) is 40.3. The number of thiophene rings is 2. The minimum Gasteiger partial charge on any atom is -0.466 e. The van der Waals surface area contributed by atoms with Crippen LogP contribution in [0.15, 0.2) is 92.2 Å². The molecule has 1 unspecified atom stereocenters. The van der Waals surface area contributed by atoms with Gasteiger partial charge in [0.1, 0.15) is 0 Å². The van der Waals surface area contributed by atoms with E-state index in [9.17, 15) is 19.2 Å².